The minimum absolute atomic E-state index is 0.0251. The molecule has 1 atom stereocenters. The first-order valence-electron chi connectivity index (χ1n) is 13.0. The van der Waals surface area contributed by atoms with E-state index in [1.807, 2.05) is 44.4 Å². The molecule has 3 aromatic heterocycles. The predicted octanol–water partition coefficient (Wildman–Crippen LogP) is 2.70. The summed E-state index contributed by atoms with van der Waals surface area (Å²) in [6.07, 6.45) is 5.41. The molecule has 1 aromatic carbocycles. The molecule has 1 fully saturated rings. The van der Waals surface area contributed by atoms with Crippen LogP contribution in [0.25, 0.3) is 22.2 Å². The van der Waals surface area contributed by atoms with E-state index < -0.39 is 0 Å². The molecule has 5 rings (SSSR count). The van der Waals surface area contributed by atoms with Gasteiger partial charge < -0.3 is 25.1 Å². The Kier molecular flexibility index (Phi) is 8.05. The first-order chi connectivity index (χ1) is 19.0. The number of fused-ring (bicyclic) bond motifs is 1. The van der Waals surface area contributed by atoms with Gasteiger partial charge in [0.05, 0.1) is 42.9 Å². The lowest BCUT2D eigenvalue weighted by molar-refractivity contribution is -0.121. The third-order valence-electron chi connectivity index (χ3n) is 7.09. The van der Waals surface area contributed by atoms with Crippen molar-refractivity contribution in [2.75, 3.05) is 64.2 Å². The van der Waals surface area contributed by atoms with E-state index in [9.17, 15) is 4.79 Å². The number of carbonyl (C=O) groups is 1. The standard InChI is InChI=1S/C27H35N9O3/c1-18(36-12-10-35(11-13-36)14-15-38-3)25(37)30-22-7-5-6-19-20(16-29-24(19)22)21-8-9-28-27(31-21)32-23-17-34(2)33-26(23)39-4/h5-9,16-18,29H,10-15H2,1-4H3,(H,30,37)(H,28,31,32). The van der Waals surface area contributed by atoms with E-state index >= 15 is 0 Å². The van der Waals surface area contributed by atoms with E-state index in [4.69, 9.17) is 14.5 Å². The normalized spacial score (nSPS) is 15.4. The van der Waals surface area contributed by atoms with E-state index in [1.165, 1.54) is 0 Å². The number of aromatic amines is 1. The summed E-state index contributed by atoms with van der Waals surface area (Å²) >= 11 is 0. The highest BCUT2D eigenvalue weighted by Crippen LogP contribution is 2.32. The van der Waals surface area contributed by atoms with Crippen molar-refractivity contribution in [3.05, 3.63) is 42.9 Å². The molecule has 206 valence electrons. The van der Waals surface area contributed by atoms with Crippen LogP contribution in [0.1, 0.15) is 6.92 Å². The molecule has 1 unspecified atom stereocenters. The van der Waals surface area contributed by atoms with Crippen LogP contribution in [-0.4, -0.2) is 100 Å². The quantitative estimate of drug-likeness (QED) is 0.282. The average Bonchev–Trinajstić information content (AvgIpc) is 3.55. The predicted molar refractivity (Wildman–Crippen MR) is 150 cm³/mol. The molecule has 39 heavy (non-hydrogen) atoms. The molecule has 1 aliphatic rings. The van der Waals surface area contributed by atoms with Crippen molar-refractivity contribution >= 4 is 34.1 Å². The number of para-hydroxylation sites is 1. The molecule has 0 saturated carbocycles. The van der Waals surface area contributed by atoms with Gasteiger partial charge in [-0.15, -0.1) is 5.10 Å². The molecule has 4 aromatic rings. The Labute approximate surface area is 227 Å². The Balaban J connectivity index is 1.30. The lowest BCUT2D eigenvalue weighted by atomic mass is 10.1. The molecule has 4 heterocycles. The Bertz CT molecular complexity index is 1430. The highest BCUT2D eigenvalue weighted by molar-refractivity contribution is 6.06. The Morgan fingerprint density at radius 2 is 1.97 bits per heavy atom. The number of amides is 1. The van der Waals surface area contributed by atoms with E-state index in [2.05, 4.69) is 35.5 Å². The Hall–Kier alpha value is -4.00. The van der Waals surface area contributed by atoms with Crippen molar-refractivity contribution in [3.63, 3.8) is 0 Å². The fourth-order valence-corrected chi connectivity index (χ4v) is 4.86. The average molecular weight is 534 g/mol. The number of aromatic nitrogens is 5. The highest BCUT2D eigenvalue weighted by Gasteiger charge is 2.26. The van der Waals surface area contributed by atoms with Crippen molar-refractivity contribution < 1.29 is 14.3 Å². The zero-order valence-corrected chi connectivity index (χ0v) is 22.8. The smallest absolute Gasteiger partial charge is 0.256 e. The minimum atomic E-state index is -0.237. The minimum Gasteiger partial charge on any atom is -0.478 e. The van der Waals surface area contributed by atoms with Crippen LogP contribution in [0.15, 0.2) is 42.9 Å². The molecule has 0 aliphatic carbocycles. The number of anilines is 3. The number of carbonyl (C=O) groups excluding carboxylic acids is 1. The molecule has 12 nitrogen and oxygen atoms in total. The molecular weight excluding hydrogens is 498 g/mol. The van der Waals surface area contributed by atoms with E-state index in [-0.39, 0.29) is 11.9 Å². The van der Waals surface area contributed by atoms with Crippen LogP contribution in [0.5, 0.6) is 5.88 Å². The molecule has 1 aliphatic heterocycles. The number of rotatable bonds is 10. The van der Waals surface area contributed by atoms with Crippen molar-refractivity contribution in [1.29, 1.82) is 0 Å². The summed E-state index contributed by atoms with van der Waals surface area (Å²) in [7, 11) is 5.11. The van der Waals surface area contributed by atoms with Gasteiger partial charge in [0.1, 0.15) is 5.69 Å². The third kappa shape index (κ3) is 5.87. The summed E-state index contributed by atoms with van der Waals surface area (Å²) in [4.78, 5) is 30.2. The van der Waals surface area contributed by atoms with Crippen LogP contribution in [-0.2, 0) is 16.6 Å². The highest BCUT2D eigenvalue weighted by atomic mass is 16.5. The second-order valence-corrected chi connectivity index (χ2v) is 9.58. The summed E-state index contributed by atoms with van der Waals surface area (Å²) < 4.78 is 12.2. The summed E-state index contributed by atoms with van der Waals surface area (Å²) in [5.41, 5.74) is 3.91. The number of ether oxygens (including phenoxy) is 2. The molecule has 0 bridgehead atoms. The van der Waals surface area contributed by atoms with E-state index in [0.717, 1.165) is 67.2 Å². The van der Waals surface area contributed by atoms with Crippen LogP contribution in [0.2, 0.25) is 0 Å². The van der Waals surface area contributed by atoms with Gasteiger partial charge >= 0.3 is 0 Å². The fourth-order valence-electron chi connectivity index (χ4n) is 4.86. The maximum Gasteiger partial charge on any atom is 0.256 e. The summed E-state index contributed by atoms with van der Waals surface area (Å²) in [6.45, 7) is 7.18. The molecule has 12 heteroatoms. The zero-order chi connectivity index (χ0) is 27.4. The number of benzene rings is 1. The molecule has 0 radical (unpaired) electrons. The largest absolute Gasteiger partial charge is 0.478 e. The number of hydrogen-bond acceptors (Lipinski definition) is 9. The molecule has 1 saturated heterocycles. The van der Waals surface area contributed by atoms with Crippen LogP contribution in [0.4, 0.5) is 17.3 Å². The number of methoxy groups -OCH3 is 2. The van der Waals surface area contributed by atoms with Gasteiger partial charge in [0, 0.05) is 70.2 Å². The van der Waals surface area contributed by atoms with Gasteiger partial charge in [-0.2, -0.15) is 0 Å². The number of aryl methyl sites for hydroxylation is 1. The van der Waals surface area contributed by atoms with Crippen molar-refractivity contribution in [2.24, 2.45) is 7.05 Å². The van der Waals surface area contributed by atoms with Gasteiger partial charge in [0.15, 0.2) is 0 Å². The van der Waals surface area contributed by atoms with Gasteiger partial charge in [-0.05, 0) is 19.1 Å². The zero-order valence-electron chi connectivity index (χ0n) is 22.8. The number of nitrogens with zero attached hydrogens (tertiary/aromatic N) is 6. The number of H-pyrrole nitrogens is 1. The van der Waals surface area contributed by atoms with Crippen molar-refractivity contribution in [2.45, 2.75) is 13.0 Å². The number of piperazine rings is 1. The number of hydrogen-bond donors (Lipinski definition) is 3. The second kappa shape index (κ2) is 11.8. The molecule has 1 amide bonds. The molecule has 0 spiro atoms. The van der Waals surface area contributed by atoms with Crippen molar-refractivity contribution in [1.82, 2.24) is 34.5 Å². The Morgan fingerprint density at radius 1 is 1.15 bits per heavy atom. The maximum atomic E-state index is 13.2. The van der Waals surface area contributed by atoms with Crippen LogP contribution in [0, 0.1) is 0 Å². The van der Waals surface area contributed by atoms with Crippen LogP contribution < -0.4 is 15.4 Å². The van der Waals surface area contributed by atoms with Gasteiger partial charge in [0.2, 0.25) is 11.9 Å². The van der Waals surface area contributed by atoms with Gasteiger partial charge in [-0.3, -0.25) is 19.3 Å². The van der Waals surface area contributed by atoms with E-state index in [0.29, 0.717) is 17.5 Å². The van der Waals surface area contributed by atoms with Crippen molar-refractivity contribution in [3.8, 4) is 17.1 Å². The van der Waals surface area contributed by atoms with Crippen LogP contribution in [0.3, 0.4) is 0 Å². The third-order valence-corrected chi connectivity index (χ3v) is 7.09. The van der Waals surface area contributed by atoms with Gasteiger partial charge in [0.25, 0.3) is 5.88 Å². The second-order valence-electron chi connectivity index (χ2n) is 9.58. The first kappa shape index (κ1) is 26.6. The maximum absolute atomic E-state index is 13.2. The van der Waals surface area contributed by atoms with E-state index in [1.54, 1.807) is 31.3 Å². The monoisotopic (exact) mass is 533 g/mol. The lowest BCUT2D eigenvalue weighted by Gasteiger charge is -2.37. The van der Waals surface area contributed by atoms with Gasteiger partial charge in [-0.25, -0.2) is 9.97 Å². The first-order valence-corrected chi connectivity index (χ1v) is 13.0. The van der Waals surface area contributed by atoms with Gasteiger partial charge in [-0.1, -0.05) is 12.1 Å². The molecular formula is C27H35N9O3. The summed E-state index contributed by atoms with van der Waals surface area (Å²) in [5.74, 6) is 0.859. The summed E-state index contributed by atoms with van der Waals surface area (Å²) in [6, 6.07) is 7.49. The van der Waals surface area contributed by atoms with Crippen LogP contribution >= 0.6 is 0 Å². The topological polar surface area (TPSA) is 125 Å². The fraction of sp³-hybridized carbons (Fsp3) is 0.407. The Morgan fingerprint density at radius 3 is 2.74 bits per heavy atom. The SMILES string of the molecule is COCCN1CCN(C(C)C(=O)Nc2cccc3c(-c4ccnc(Nc5cn(C)nc5OC)n4)c[nH]c23)CC1. The summed E-state index contributed by atoms with van der Waals surface area (Å²) in [5, 5.41) is 11.5. The number of nitrogens with one attached hydrogen (secondary N) is 3. The lowest BCUT2D eigenvalue weighted by Crippen LogP contribution is -2.53. The molecule has 3 N–H and O–H groups in total.